The molecule has 0 unspecified atom stereocenters. The number of nitrogens with two attached hydrogens (primary N) is 1. The van der Waals surface area contributed by atoms with Crippen LogP contribution in [0.15, 0.2) is 24.3 Å². The fraction of sp³-hybridized carbons (Fsp3) is 0.500. The number of hydrogen-bond acceptors (Lipinski definition) is 3. The van der Waals surface area contributed by atoms with Crippen LogP contribution in [0.1, 0.15) is 42.5 Å². The van der Waals surface area contributed by atoms with Crippen LogP contribution in [0.4, 0.5) is 5.69 Å². The Hall–Kier alpha value is -1.88. The molecule has 0 heterocycles. The van der Waals surface area contributed by atoms with E-state index in [4.69, 9.17) is 5.73 Å². The van der Waals surface area contributed by atoms with Gasteiger partial charge in [0, 0.05) is 30.3 Å². The van der Waals surface area contributed by atoms with Crippen LogP contribution in [0.5, 0.6) is 0 Å². The van der Waals surface area contributed by atoms with Crippen LogP contribution in [-0.4, -0.2) is 24.9 Å². The Balaban J connectivity index is 1.96. The predicted octanol–water partition coefficient (Wildman–Crippen LogP) is 1.89. The van der Waals surface area contributed by atoms with Gasteiger partial charge < -0.3 is 16.4 Å². The molecule has 21 heavy (non-hydrogen) atoms. The lowest BCUT2D eigenvalue weighted by atomic mass is 9.88. The van der Waals surface area contributed by atoms with Crippen molar-refractivity contribution >= 4 is 17.5 Å². The van der Waals surface area contributed by atoms with Crippen LogP contribution in [0.3, 0.4) is 0 Å². The van der Waals surface area contributed by atoms with Gasteiger partial charge in [0.05, 0.1) is 0 Å². The summed E-state index contributed by atoms with van der Waals surface area (Å²) >= 11 is 0. The topological polar surface area (TPSA) is 84.2 Å². The first-order valence-corrected chi connectivity index (χ1v) is 7.60. The van der Waals surface area contributed by atoms with Crippen molar-refractivity contribution in [2.75, 3.05) is 18.4 Å². The molecule has 2 amide bonds. The van der Waals surface area contributed by atoms with Gasteiger partial charge in [-0.25, -0.2) is 0 Å². The van der Waals surface area contributed by atoms with Gasteiger partial charge in [-0.1, -0.05) is 25.3 Å². The summed E-state index contributed by atoms with van der Waals surface area (Å²) in [5.74, 6) is -0.00287. The minimum atomic E-state index is -0.172. The second kappa shape index (κ2) is 7.78. The van der Waals surface area contributed by atoms with Gasteiger partial charge in [0.15, 0.2) is 0 Å². The molecular weight excluding hydrogens is 266 g/mol. The molecular formula is C16H23N3O2. The Bertz CT molecular complexity index is 496. The van der Waals surface area contributed by atoms with E-state index >= 15 is 0 Å². The van der Waals surface area contributed by atoms with E-state index in [0.717, 1.165) is 25.7 Å². The van der Waals surface area contributed by atoms with Gasteiger partial charge >= 0.3 is 0 Å². The monoisotopic (exact) mass is 289 g/mol. The average molecular weight is 289 g/mol. The molecule has 0 aromatic heterocycles. The molecule has 1 saturated carbocycles. The van der Waals surface area contributed by atoms with Crippen molar-refractivity contribution in [2.45, 2.75) is 32.1 Å². The Morgan fingerprint density at radius 1 is 1.19 bits per heavy atom. The second-order valence-electron chi connectivity index (χ2n) is 5.45. The van der Waals surface area contributed by atoms with Crippen LogP contribution >= 0.6 is 0 Å². The summed E-state index contributed by atoms with van der Waals surface area (Å²) < 4.78 is 0. The smallest absolute Gasteiger partial charge is 0.251 e. The van der Waals surface area contributed by atoms with Crippen molar-refractivity contribution in [1.29, 1.82) is 0 Å². The standard InChI is InChI=1S/C16H23N3O2/c17-9-10-18-15(20)13-7-4-8-14(11-13)19-16(21)12-5-2-1-3-6-12/h4,7-8,11-12H,1-3,5-6,9-10,17H2,(H,18,20)(H,19,21). The lowest BCUT2D eigenvalue weighted by Crippen LogP contribution is -2.29. The summed E-state index contributed by atoms with van der Waals surface area (Å²) in [6.45, 7) is 0.849. The van der Waals surface area contributed by atoms with Crippen LogP contribution in [0, 0.1) is 5.92 Å². The first-order valence-electron chi connectivity index (χ1n) is 7.60. The third-order valence-corrected chi connectivity index (χ3v) is 3.80. The van der Waals surface area contributed by atoms with Crippen LogP contribution in [-0.2, 0) is 4.79 Å². The first-order chi connectivity index (χ1) is 10.2. The highest BCUT2D eigenvalue weighted by molar-refractivity contribution is 5.97. The van der Waals surface area contributed by atoms with Gasteiger partial charge in [-0.15, -0.1) is 0 Å². The van der Waals surface area contributed by atoms with Gasteiger partial charge in [-0.3, -0.25) is 9.59 Å². The number of carbonyl (C=O) groups is 2. The summed E-state index contributed by atoms with van der Waals surface area (Å²) in [7, 11) is 0. The maximum absolute atomic E-state index is 12.2. The first kappa shape index (κ1) is 15.5. The van der Waals surface area contributed by atoms with Crippen molar-refractivity contribution < 1.29 is 9.59 Å². The number of amides is 2. The van der Waals surface area contributed by atoms with E-state index in [1.165, 1.54) is 6.42 Å². The third kappa shape index (κ3) is 4.56. The second-order valence-corrected chi connectivity index (χ2v) is 5.45. The molecule has 0 atom stereocenters. The summed E-state index contributed by atoms with van der Waals surface area (Å²) in [6.07, 6.45) is 5.39. The molecule has 1 aliphatic rings. The van der Waals surface area contributed by atoms with E-state index in [1.807, 2.05) is 0 Å². The molecule has 1 aromatic rings. The lowest BCUT2D eigenvalue weighted by molar-refractivity contribution is -0.120. The fourth-order valence-corrected chi connectivity index (χ4v) is 2.64. The molecule has 0 aliphatic heterocycles. The number of anilines is 1. The molecule has 0 saturated heterocycles. The van der Waals surface area contributed by atoms with Crippen LogP contribution < -0.4 is 16.4 Å². The highest BCUT2D eigenvalue weighted by Crippen LogP contribution is 2.25. The van der Waals surface area contributed by atoms with Crippen molar-refractivity contribution in [3.63, 3.8) is 0 Å². The highest BCUT2D eigenvalue weighted by Gasteiger charge is 2.21. The zero-order chi connectivity index (χ0) is 15.1. The fourth-order valence-electron chi connectivity index (χ4n) is 2.64. The maximum Gasteiger partial charge on any atom is 0.251 e. The van der Waals surface area contributed by atoms with Gasteiger partial charge in [-0.2, -0.15) is 0 Å². The molecule has 0 bridgehead atoms. The molecule has 0 radical (unpaired) electrons. The number of carbonyl (C=O) groups excluding carboxylic acids is 2. The normalized spacial score (nSPS) is 15.5. The number of benzene rings is 1. The predicted molar refractivity (Wildman–Crippen MR) is 83.0 cm³/mol. The molecule has 1 aromatic carbocycles. The maximum atomic E-state index is 12.2. The Morgan fingerprint density at radius 2 is 1.95 bits per heavy atom. The van der Waals surface area contributed by atoms with E-state index in [2.05, 4.69) is 10.6 Å². The molecule has 4 N–H and O–H groups in total. The molecule has 1 fully saturated rings. The average Bonchev–Trinajstić information content (AvgIpc) is 2.53. The summed E-state index contributed by atoms with van der Waals surface area (Å²) in [6, 6.07) is 7.00. The van der Waals surface area contributed by atoms with Crippen molar-refractivity contribution in [3.05, 3.63) is 29.8 Å². The summed E-state index contributed by atoms with van der Waals surface area (Å²) in [5, 5.41) is 5.64. The SMILES string of the molecule is NCCNC(=O)c1cccc(NC(=O)C2CCCCC2)c1. The molecule has 1 aliphatic carbocycles. The quantitative estimate of drug-likeness (QED) is 0.774. The van der Waals surface area contributed by atoms with E-state index in [-0.39, 0.29) is 17.7 Å². The van der Waals surface area contributed by atoms with Crippen molar-refractivity contribution in [3.8, 4) is 0 Å². The number of nitrogens with one attached hydrogen (secondary N) is 2. The Morgan fingerprint density at radius 3 is 2.67 bits per heavy atom. The molecule has 114 valence electrons. The van der Waals surface area contributed by atoms with Crippen molar-refractivity contribution in [2.24, 2.45) is 11.7 Å². The van der Waals surface area contributed by atoms with Gasteiger partial charge in [-0.05, 0) is 31.0 Å². The minimum Gasteiger partial charge on any atom is -0.351 e. The summed E-state index contributed by atoms with van der Waals surface area (Å²) in [4.78, 5) is 24.1. The van der Waals surface area contributed by atoms with Gasteiger partial charge in [0.1, 0.15) is 0 Å². The highest BCUT2D eigenvalue weighted by atomic mass is 16.2. The van der Waals surface area contributed by atoms with E-state index in [9.17, 15) is 9.59 Å². The van der Waals surface area contributed by atoms with Crippen LogP contribution in [0.2, 0.25) is 0 Å². The molecule has 0 spiro atoms. The van der Waals surface area contributed by atoms with Gasteiger partial charge in [0.2, 0.25) is 5.91 Å². The largest absolute Gasteiger partial charge is 0.351 e. The number of hydrogen-bond donors (Lipinski definition) is 3. The molecule has 5 nitrogen and oxygen atoms in total. The van der Waals surface area contributed by atoms with Crippen molar-refractivity contribution in [1.82, 2.24) is 5.32 Å². The zero-order valence-corrected chi connectivity index (χ0v) is 12.2. The molecule has 5 heteroatoms. The summed E-state index contributed by atoms with van der Waals surface area (Å²) in [5.41, 5.74) is 6.57. The van der Waals surface area contributed by atoms with E-state index in [1.54, 1.807) is 24.3 Å². The molecule has 2 rings (SSSR count). The lowest BCUT2D eigenvalue weighted by Gasteiger charge is -2.20. The van der Waals surface area contributed by atoms with Crippen LogP contribution in [0.25, 0.3) is 0 Å². The Kier molecular flexibility index (Phi) is 5.75. The van der Waals surface area contributed by atoms with Gasteiger partial charge in [0.25, 0.3) is 5.91 Å². The Labute approximate surface area is 125 Å². The zero-order valence-electron chi connectivity index (χ0n) is 12.2. The van der Waals surface area contributed by atoms with E-state index < -0.39 is 0 Å². The third-order valence-electron chi connectivity index (χ3n) is 3.80. The van der Waals surface area contributed by atoms with E-state index in [0.29, 0.717) is 24.3 Å². The minimum absolute atomic E-state index is 0.0641. The number of rotatable bonds is 5.